The Bertz CT molecular complexity index is 689. The lowest BCUT2D eigenvalue weighted by atomic mass is 10.3. The van der Waals surface area contributed by atoms with E-state index in [1.165, 1.54) is 18.3 Å². The van der Waals surface area contributed by atoms with Gasteiger partial charge >= 0.3 is 0 Å². The van der Waals surface area contributed by atoms with Crippen molar-refractivity contribution in [3.8, 4) is 6.07 Å². The second-order valence-electron chi connectivity index (χ2n) is 3.31. The summed E-state index contributed by atoms with van der Waals surface area (Å²) in [6.07, 6.45) is 1.42. The van der Waals surface area contributed by atoms with Crippen molar-refractivity contribution in [3.05, 3.63) is 34.2 Å². The Hall–Kier alpha value is -2.53. The van der Waals surface area contributed by atoms with Crippen molar-refractivity contribution in [1.82, 2.24) is 15.0 Å². The van der Waals surface area contributed by atoms with E-state index < -0.39 is 0 Å². The van der Waals surface area contributed by atoms with Gasteiger partial charge in [0, 0.05) is 6.07 Å². The van der Waals surface area contributed by atoms with E-state index in [1.807, 2.05) is 6.07 Å². The molecule has 0 amide bonds. The van der Waals surface area contributed by atoms with Gasteiger partial charge in [-0.05, 0) is 17.8 Å². The first-order valence-electron chi connectivity index (χ1n) is 4.79. The Morgan fingerprint density at radius 3 is 2.83 bits per heavy atom. The Morgan fingerprint density at radius 2 is 2.17 bits per heavy atom. The number of nitrogen functional groups attached to an aromatic ring is 2. The normalized spacial score (nSPS) is 9.94. The molecule has 8 heteroatoms. The molecule has 0 atom stereocenters. The minimum Gasteiger partial charge on any atom is -0.397 e. The summed E-state index contributed by atoms with van der Waals surface area (Å²) in [7, 11) is 0. The van der Waals surface area contributed by atoms with Crippen molar-refractivity contribution in [3.63, 3.8) is 0 Å². The van der Waals surface area contributed by atoms with Gasteiger partial charge in [-0.25, -0.2) is 9.97 Å². The van der Waals surface area contributed by atoms with E-state index in [0.29, 0.717) is 16.3 Å². The second-order valence-corrected chi connectivity index (χ2v) is 4.29. The van der Waals surface area contributed by atoms with Gasteiger partial charge in [-0.2, -0.15) is 5.26 Å². The third kappa shape index (κ3) is 2.58. The molecule has 2 heterocycles. The van der Waals surface area contributed by atoms with Gasteiger partial charge in [0.25, 0.3) is 5.56 Å². The predicted octanol–water partition coefficient (Wildman–Crippen LogP) is 0.352. The minimum atomic E-state index is -0.362. The Labute approximate surface area is 106 Å². The van der Waals surface area contributed by atoms with Crippen molar-refractivity contribution in [1.29, 1.82) is 5.26 Å². The third-order valence-corrected chi connectivity index (χ3v) is 2.83. The van der Waals surface area contributed by atoms with Crippen LogP contribution in [0, 0.1) is 11.3 Å². The van der Waals surface area contributed by atoms with Gasteiger partial charge in [-0.3, -0.25) is 4.79 Å². The maximum Gasteiger partial charge on any atom is 0.253 e. The summed E-state index contributed by atoms with van der Waals surface area (Å²) in [5, 5.41) is 9.63. The zero-order chi connectivity index (χ0) is 13.1. The number of aromatic amines is 1. The summed E-state index contributed by atoms with van der Waals surface area (Å²) in [5.74, 6) is 0.107. The molecule has 0 saturated carbocycles. The Morgan fingerprint density at radius 1 is 1.39 bits per heavy atom. The molecular formula is C10H8N6OS. The van der Waals surface area contributed by atoms with Gasteiger partial charge in [0.05, 0.1) is 17.4 Å². The lowest BCUT2D eigenvalue weighted by Gasteiger charge is -2.03. The highest BCUT2D eigenvalue weighted by molar-refractivity contribution is 7.99. The molecule has 0 aliphatic rings. The van der Waals surface area contributed by atoms with E-state index in [-0.39, 0.29) is 16.5 Å². The highest BCUT2D eigenvalue weighted by Crippen LogP contribution is 2.26. The Balaban J connectivity index is 2.40. The van der Waals surface area contributed by atoms with Gasteiger partial charge in [0.2, 0.25) is 0 Å². The zero-order valence-electron chi connectivity index (χ0n) is 9.04. The lowest BCUT2D eigenvalue weighted by molar-refractivity contribution is 0.939. The quantitative estimate of drug-likeness (QED) is 0.663. The van der Waals surface area contributed by atoms with Crippen LogP contribution in [0.2, 0.25) is 0 Å². The zero-order valence-corrected chi connectivity index (χ0v) is 9.86. The smallest absolute Gasteiger partial charge is 0.253 e. The first-order valence-corrected chi connectivity index (χ1v) is 5.60. The summed E-state index contributed by atoms with van der Waals surface area (Å²) in [4.78, 5) is 21.7. The number of nitrogens with zero attached hydrogens (tertiary/aromatic N) is 3. The monoisotopic (exact) mass is 260 g/mol. The van der Waals surface area contributed by atoms with Crippen LogP contribution in [-0.2, 0) is 0 Å². The van der Waals surface area contributed by atoms with Crippen molar-refractivity contribution in [2.24, 2.45) is 0 Å². The van der Waals surface area contributed by atoms with Crippen LogP contribution in [0.3, 0.4) is 0 Å². The fourth-order valence-corrected chi connectivity index (χ4v) is 2.03. The molecule has 2 rings (SSSR count). The van der Waals surface area contributed by atoms with Gasteiger partial charge in [-0.15, -0.1) is 0 Å². The average molecular weight is 260 g/mol. The summed E-state index contributed by atoms with van der Waals surface area (Å²) in [5.41, 5.74) is 11.3. The summed E-state index contributed by atoms with van der Waals surface area (Å²) in [6.45, 7) is 0. The van der Waals surface area contributed by atoms with E-state index in [4.69, 9.17) is 16.7 Å². The molecule has 7 nitrogen and oxygen atoms in total. The van der Waals surface area contributed by atoms with Crippen molar-refractivity contribution in [2.45, 2.75) is 10.2 Å². The SMILES string of the molecule is N#Cc1cc(N)cnc1Sc1nc(N)cc(=O)[nH]1. The number of nitrogens with two attached hydrogens (primary N) is 2. The molecule has 90 valence electrons. The molecule has 0 aliphatic carbocycles. The topological polar surface area (TPSA) is 134 Å². The third-order valence-electron chi connectivity index (χ3n) is 1.93. The summed E-state index contributed by atoms with van der Waals surface area (Å²) in [6, 6.07) is 4.64. The number of hydrogen-bond acceptors (Lipinski definition) is 7. The van der Waals surface area contributed by atoms with Gasteiger partial charge in [0.1, 0.15) is 16.9 Å². The van der Waals surface area contributed by atoms with Crippen molar-refractivity contribution < 1.29 is 0 Å². The van der Waals surface area contributed by atoms with Crippen molar-refractivity contribution >= 4 is 23.3 Å². The number of aromatic nitrogens is 3. The number of hydrogen-bond donors (Lipinski definition) is 3. The number of nitrogens with one attached hydrogen (secondary N) is 1. The van der Waals surface area contributed by atoms with Crippen LogP contribution in [0.15, 0.2) is 33.3 Å². The molecular weight excluding hydrogens is 252 g/mol. The van der Waals surface area contributed by atoms with E-state index in [2.05, 4.69) is 15.0 Å². The van der Waals surface area contributed by atoms with E-state index in [1.54, 1.807) is 0 Å². The number of rotatable bonds is 2. The number of nitriles is 1. The number of pyridine rings is 1. The van der Waals surface area contributed by atoms with Crippen LogP contribution < -0.4 is 17.0 Å². The fraction of sp³-hybridized carbons (Fsp3) is 0. The Kier molecular flexibility index (Phi) is 3.16. The van der Waals surface area contributed by atoms with Crippen LogP contribution in [0.5, 0.6) is 0 Å². The standard InChI is InChI=1S/C10H8N6OS/c11-3-5-1-6(12)4-14-9(5)18-10-15-7(13)2-8(17)16-10/h1-2,4H,12H2,(H3,13,15,16,17). The number of H-pyrrole nitrogens is 1. The van der Waals surface area contributed by atoms with Crippen LogP contribution in [0.4, 0.5) is 11.5 Å². The maximum absolute atomic E-state index is 11.2. The van der Waals surface area contributed by atoms with Crippen molar-refractivity contribution in [2.75, 3.05) is 11.5 Å². The van der Waals surface area contributed by atoms with Gasteiger partial charge in [-0.1, -0.05) is 0 Å². The second kappa shape index (κ2) is 4.77. The largest absolute Gasteiger partial charge is 0.397 e. The lowest BCUT2D eigenvalue weighted by Crippen LogP contribution is -2.09. The summed E-state index contributed by atoms with van der Waals surface area (Å²) >= 11 is 1.04. The average Bonchev–Trinajstić information content (AvgIpc) is 2.30. The van der Waals surface area contributed by atoms with Crippen LogP contribution >= 0.6 is 11.8 Å². The molecule has 2 aromatic rings. The summed E-state index contributed by atoms with van der Waals surface area (Å²) < 4.78 is 0. The highest BCUT2D eigenvalue weighted by atomic mass is 32.2. The van der Waals surface area contributed by atoms with Gasteiger partial charge < -0.3 is 16.5 Å². The number of anilines is 2. The van der Waals surface area contributed by atoms with E-state index in [9.17, 15) is 4.79 Å². The van der Waals surface area contributed by atoms with Crippen LogP contribution in [0.25, 0.3) is 0 Å². The molecule has 0 bridgehead atoms. The molecule has 18 heavy (non-hydrogen) atoms. The minimum absolute atomic E-state index is 0.107. The maximum atomic E-state index is 11.2. The van der Waals surface area contributed by atoms with E-state index in [0.717, 1.165) is 11.8 Å². The van der Waals surface area contributed by atoms with Gasteiger partial charge in [0.15, 0.2) is 5.16 Å². The van der Waals surface area contributed by atoms with Crippen LogP contribution in [0.1, 0.15) is 5.56 Å². The molecule has 0 radical (unpaired) electrons. The fourth-order valence-electron chi connectivity index (χ4n) is 1.22. The highest BCUT2D eigenvalue weighted by Gasteiger charge is 2.08. The van der Waals surface area contributed by atoms with Crippen LogP contribution in [-0.4, -0.2) is 15.0 Å². The first-order chi connectivity index (χ1) is 8.58. The predicted molar refractivity (Wildman–Crippen MR) is 66.8 cm³/mol. The molecule has 2 aromatic heterocycles. The molecule has 0 saturated heterocycles. The van der Waals surface area contributed by atoms with E-state index >= 15 is 0 Å². The molecule has 0 unspecified atom stereocenters. The molecule has 0 fully saturated rings. The molecule has 0 spiro atoms. The molecule has 5 N–H and O–H groups in total. The molecule has 0 aromatic carbocycles. The first kappa shape index (κ1) is 11.9. The molecule has 0 aliphatic heterocycles.